The summed E-state index contributed by atoms with van der Waals surface area (Å²) in [5.74, 6) is -0.834. The van der Waals surface area contributed by atoms with Crippen molar-refractivity contribution in [2.75, 3.05) is 16.8 Å². The summed E-state index contributed by atoms with van der Waals surface area (Å²) in [5, 5.41) is 2.98. The Balaban J connectivity index is 1.86. The zero-order valence-electron chi connectivity index (χ0n) is 16.6. The number of hydrogen-bond donors (Lipinski definition) is 1. The van der Waals surface area contributed by atoms with Gasteiger partial charge in [-0.15, -0.1) is 6.58 Å². The Morgan fingerprint density at radius 3 is 2.69 bits per heavy atom. The van der Waals surface area contributed by atoms with Crippen LogP contribution in [0.25, 0.3) is 0 Å². The highest BCUT2D eigenvalue weighted by Gasteiger charge is 2.60. The molecular formula is C23H23N3O3. The molecule has 1 N–H and O–H groups in total. The Labute approximate surface area is 169 Å². The van der Waals surface area contributed by atoms with Crippen molar-refractivity contribution in [3.63, 3.8) is 0 Å². The van der Waals surface area contributed by atoms with Gasteiger partial charge in [0.2, 0.25) is 11.6 Å². The van der Waals surface area contributed by atoms with E-state index in [0.717, 1.165) is 11.1 Å². The summed E-state index contributed by atoms with van der Waals surface area (Å²) in [4.78, 5) is 42.8. The second-order valence-electron chi connectivity index (χ2n) is 7.47. The number of hydrogen-bond acceptors (Lipinski definition) is 3. The average molecular weight is 389 g/mol. The first-order valence-corrected chi connectivity index (χ1v) is 9.64. The Hall–Kier alpha value is -3.41. The van der Waals surface area contributed by atoms with Crippen LogP contribution in [-0.2, 0) is 9.59 Å². The Morgan fingerprint density at radius 1 is 1.17 bits per heavy atom. The maximum Gasteiger partial charge on any atom is 0.271 e. The summed E-state index contributed by atoms with van der Waals surface area (Å²) < 4.78 is 0. The summed E-state index contributed by atoms with van der Waals surface area (Å²) in [6.07, 6.45) is 2.01. The number of carbonyl (C=O) groups is 3. The highest BCUT2D eigenvalue weighted by Crippen LogP contribution is 2.45. The standard InChI is InChI=1S/C23H23N3O3/c1-4-14-25-21(28)17-9-5-6-11-19(17)26-20(27)12-13-23(25,26)22(29)24-18-10-7-8-15(2)16(18)3/h4-11H,1,12-14H2,2-3H3,(H,24,29)/t23-/m0/s1. The van der Waals surface area contributed by atoms with E-state index in [0.29, 0.717) is 16.9 Å². The van der Waals surface area contributed by atoms with Crippen LogP contribution < -0.4 is 10.2 Å². The molecule has 1 fully saturated rings. The van der Waals surface area contributed by atoms with Crippen LogP contribution in [0.15, 0.2) is 55.1 Å². The molecule has 6 heteroatoms. The van der Waals surface area contributed by atoms with Crippen molar-refractivity contribution >= 4 is 29.1 Å². The van der Waals surface area contributed by atoms with Gasteiger partial charge in [0.25, 0.3) is 11.8 Å². The first-order chi connectivity index (χ1) is 13.9. The number of fused-ring (bicyclic) bond motifs is 3. The molecule has 0 saturated carbocycles. The Bertz CT molecular complexity index is 1050. The van der Waals surface area contributed by atoms with Gasteiger partial charge in [0.05, 0.1) is 11.3 Å². The summed E-state index contributed by atoms with van der Waals surface area (Å²) in [7, 11) is 0. The molecule has 0 bridgehead atoms. The van der Waals surface area contributed by atoms with Crippen LogP contribution >= 0.6 is 0 Å². The lowest BCUT2D eigenvalue weighted by atomic mass is 9.95. The Morgan fingerprint density at radius 2 is 1.93 bits per heavy atom. The molecule has 2 aliphatic rings. The highest BCUT2D eigenvalue weighted by atomic mass is 16.2. The van der Waals surface area contributed by atoms with Gasteiger partial charge in [-0.25, -0.2) is 0 Å². The first kappa shape index (κ1) is 18.9. The van der Waals surface area contributed by atoms with E-state index in [-0.39, 0.29) is 37.1 Å². The molecule has 0 radical (unpaired) electrons. The predicted octanol–water partition coefficient (Wildman–Crippen LogP) is 3.41. The fourth-order valence-electron chi connectivity index (χ4n) is 4.27. The van der Waals surface area contributed by atoms with Crippen LogP contribution in [0.2, 0.25) is 0 Å². The molecule has 2 aromatic carbocycles. The zero-order chi connectivity index (χ0) is 20.8. The third kappa shape index (κ3) is 2.67. The van der Waals surface area contributed by atoms with Gasteiger partial charge in [-0.05, 0) is 43.2 Å². The number of nitrogens with one attached hydrogen (secondary N) is 1. The maximum absolute atomic E-state index is 13.7. The number of amides is 3. The lowest BCUT2D eigenvalue weighted by Gasteiger charge is -2.48. The monoisotopic (exact) mass is 389 g/mol. The third-order valence-corrected chi connectivity index (χ3v) is 5.90. The second-order valence-corrected chi connectivity index (χ2v) is 7.47. The highest BCUT2D eigenvalue weighted by molar-refractivity contribution is 6.18. The van der Waals surface area contributed by atoms with Crippen molar-refractivity contribution < 1.29 is 14.4 Å². The normalized spacial score (nSPS) is 20.3. The molecule has 2 aromatic rings. The van der Waals surface area contributed by atoms with E-state index in [1.165, 1.54) is 9.80 Å². The first-order valence-electron chi connectivity index (χ1n) is 9.64. The molecule has 0 aliphatic carbocycles. The van der Waals surface area contributed by atoms with Crippen LogP contribution in [0.3, 0.4) is 0 Å². The number of nitrogens with zero attached hydrogens (tertiary/aromatic N) is 2. The lowest BCUT2D eigenvalue weighted by molar-refractivity contribution is -0.128. The van der Waals surface area contributed by atoms with Crippen LogP contribution in [0.4, 0.5) is 11.4 Å². The molecule has 29 heavy (non-hydrogen) atoms. The molecule has 6 nitrogen and oxygen atoms in total. The van der Waals surface area contributed by atoms with E-state index >= 15 is 0 Å². The minimum absolute atomic E-state index is 0.164. The molecule has 2 aliphatic heterocycles. The molecular weight excluding hydrogens is 366 g/mol. The number of carbonyl (C=O) groups excluding carboxylic acids is 3. The van der Waals surface area contributed by atoms with Crippen LogP contribution in [0, 0.1) is 13.8 Å². The van der Waals surface area contributed by atoms with Gasteiger partial charge in [0.15, 0.2) is 0 Å². The topological polar surface area (TPSA) is 69.7 Å². The van der Waals surface area contributed by atoms with Gasteiger partial charge in [-0.1, -0.05) is 30.3 Å². The van der Waals surface area contributed by atoms with E-state index in [2.05, 4.69) is 11.9 Å². The van der Waals surface area contributed by atoms with Gasteiger partial charge in [-0.3, -0.25) is 19.3 Å². The largest absolute Gasteiger partial charge is 0.322 e. The van der Waals surface area contributed by atoms with Gasteiger partial charge in [-0.2, -0.15) is 0 Å². The van der Waals surface area contributed by atoms with E-state index in [1.807, 2.05) is 32.0 Å². The van der Waals surface area contributed by atoms with Crippen molar-refractivity contribution in [2.45, 2.75) is 32.4 Å². The van der Waals surface area contributed by atoms with Crippen molar-refractivity contribution in [2.24, 2.45) is 0 Å². The fourth-order valence-corrected chi connectivity index (χ4v) is 4.27. The minimum Gasteiger partial charge on any atom is -0.322 e. The van der Waals surface area contributed by atoms with Gasteiger partial charge in [0, 0.05) is 25.1 Å². The van der Waals surface area contributed by atoms with E-state index in [4.69, 9.17) is 0 Å². The number of aryl methyl sites for hydroxylation is 1. The third-order valence-electron chi connectivity index (χ3n) is 5.90. The van der Waals surface area contributed by atoms with Crippen molar-refractivity contribution in [1.82, 2.24) is 4.90 Å². The van der Waals surface area contributed by atoms with Gasteiger partial charge >= 0.3 is 0 Å². The molecule has 3 amide bonds. The maximum atomic E-state index is 13.7. The molecule has 0 unspecified atom stereocenters. The molecule has 1 saturated heterocycles. The molecule has 0 spiro atoms. The summed E-state index contributed by atoms with van der Waals surface area (Å²) >= 11 is 0. The van der Waals surface area contributed by atoms with Crippen molar-refractivity contribution in [3.8, 4) is 0 Å². The summed E-state index contributed by atoms with van der Waals surface area (Å²) in [5.41, 5.74) is 2.16. The smallest absolute Gasteiger partial charge is 0.271 e. The van der Waals surface area contributed by atoms with Crippen LogP contribution in [0.5, 0.6) is 0 Å². The second kappa shape index (κ2) is 6.88. The summed E-state index contributed by atoms with van der Waals surface area (Å²) in [6.45, 7) is 7.82. The van der Waals surface area contributed by atoms with E-state index in [1.54, 1.807) is 30.3 Å². The number of rotatable bonds is 4. The molecule has 148 valence electrons. The van der Waals surface area contributed by atoms with Gasteiger partial charge in [0.1, 0.15) is 0 Å². The van der Waals surface area contributed by atoms with E-state index < -0.39 is 5.66 Å². The predicted molar refractivity (Wildman–Crippen MR) is 112 cm³/mol. The molecule has 4 rings (SSSR count). The van der Waals surface area contributed by atoms with Crippen molar-refractivity contribution in [3.05, 3.63) is 71.8 Å². The van der Waals surface area contributed by atoms with E-state index in [9.17, 15) is 14.4 Å². The summed E-state index contributed by atoms with van der Waals surface area (Å²) in [6, 6.07) is 12.6. The van der Waals surface area contributed by atoms with Gasteiger partial charge < -0.3 is 10.2 Å². The minimum atomic E-state index is -1.41. The van der Waals surface area contributed by atoms with Crippen LogP contribution in [-0.4, -0.2) is 34.8 Å². The zero-order valence-corrected chi connectivity index (χ0v) is 16.6. The molecule has 1 atom stereocenters. The van der Waals surface area contributed by atoms with Crippen molar-refractivity contribution in [1.29, 1.82) is 0 Å². The van der Waals surface area contributed by atoms with Crippen LogP contribution in [0.1, 0.15) is 34.3 Å². The molecule has 2 heterocycles. The SMILES string of the molecule is C=CCN1C(=O)c2ccccc2N2C(=O)CC[C@]12C(=O)Nc1cccc(C)c1C. The fraction of sp³-hybridized carbons (Fsp3) is 0.261. The average Bonchev–Trinajstić information content (AvgIpc) is 3.07. The number of benzene rings is 2. The molecule has 0 aromatic heterocycles. The Kier molecular flexibility index (Phi) is 4.49. The lowest BCUT2D eigenvalue weighted by Crippen LogP contribution is -2.69. The number of para-hydroxylation sites is 1. The quantitative estimate of drug-likeness (QED) is 0.815. The number of anilines is 2.